The van der Waals surface area contributed by atoms with E-state index in [0.29, 0.717) is 12.3 Å². The second-order valence-corrected chi connectivity index (χ2v) is 4.29. The third-order valence-corrected chi connectivity index (χ3v) is 2.95. The Hall–Kier alpha value is -1.56. The second-order valence-electron chi connectivity index (χ2n) is 4.29. The molecule has 0 bridgehead atoms. The summed E-state index contributed by atoms with van der Waals surface area (Å²) in [5.74, 6) is 0.723. The summed E-state index contributed by atoms with van der Waals surface area (Å²) in [7, 11) is 1.73. The molecule has 1 aromatic rings. The number of nitrogens with zero attached hydrogens (tertiary/aromatic N) is 1. The Labute approximate surface area is 109 Å². The number of alkyl halides is 3. The van der Waals surface area contributed by atoms with E-state index in [-0.39, 0.29) is 6.04 Å². The Balaban J connectivity index is 2.22. The summed E-state index contributed by atoms with van der Waals surface area (Å²) in [5, 5.41) is 3.01. The second kappa shape index (κ2) is 5.61. The quantitative estimate of drug-likeness (QED) is 0.918. The summed E-state index contributed by atoms with van der Waals surface area (Å²) in [5.41, 5.74) is -0.228. The number of nitrogens with one attached hydrogen (secondary N) is 1. The molecule has 1 aliphatic heterocycles. The highest BCUT2D eigenvalue weighted by Crippen LogP contribution is 2.30. The van der Waals surface area contributed by atoms with Crippen molar-refractivity contribution in [3.8, 4) is 0 Å². The average molecular weight is 272 g/mol. The van der Waals surface area contributed by atoms with Crippen LogP contribution < -0.4 is 5.32 Å². The maximum absolute atomic E-state index is 12.5. The third kappa shape index (κ3) is 3.26. The zero-order chi connectivity index (χ0) is 13.9. The largest absolute Gasteiger partial charge is 0.496 e. The molecular weight excluding hydrogens is 257 g/mol. The Bertz CT molecular complexity index is 454. The first-order valence-electron chi connectivity index (χ1n) is 6.05. The highest BCUT2D eigenvalue weighted by Gasteiger charge is 2.31. The van der Waals surface area contributed by atoms with E-state index in [1.807, 2.05) is 6.08 Å². The molecule has 104 valence electrons. The van der Waals surface area contributed by atoms with Crippen molar-refractivity contribution in [3.63, 3.8) is 0 Å². The van der Waals surface area contributed by atoms with Gasteiger partial charge >= 0.3 is 6.18 Å². The van der Waals surface area contributed by atoms with Crippen molar-refractivity contribution in [2.45, 2.75) is 25.1 Å². The maximum atomic E-state index is 12.5. The average Bonchev–Trinajstić information content (AvgIpc) is 2.40. The normalized spacial score (nSPS) is 17.6. The predicted molar refractivity (Wildman–Crippen MR) is 64.3 cm³/mol. The van der Waals surface area contributed by atoms with Crippen LogP contribution in [0.3, 0.4) is 0 Å². The standard InChI is InChI=1S/C13H15F3N2O/c1-17-12(11-4-2-3-7-19-11)10-6-5-9(8-18-10)13(14,15)16/h4-6,8,12,17H,2-3,7H2,1H3. The van der Waals surface area contributed by atoms with Gasteiger partial charge in [0.15, 0.2) is 0 Å². The fourth-order valence-corrected chi connectivity index (χ4v) is 1.96. The summed E-state index contributed by atoms with van der Waals surface area (Å²) < 4.78 is 42.9. The van der Waals surface area contributed by atoms with Gasteiger partial charge in [-0.15, -0.1) is 0 Å². The first-order valence-corrected chi connectivity index (χ1v) is 6.05. The summed E-state index contributed by atoms with van der Waals surface area (Å²) >= 11 is 0. The van der Waals surface area contributed by atoms with Gasteiger partial charge in [-0.05, 0) is 38.1 Å². The van der Waals surface area contributed by atoms with Crippen LogP contribution in [0.15, 0.2) is 30.2 Å². The lowest BCUT2D eigenvalue weighted by Crippen LogP contribution is -2.23. The molecule has 0 fully saturated rings. The summed E-state index contributed by atoms with van der Waals surface area (Å²) in [4.78, 5) is 3.89. The summed E-state index contributed by atoms with van der Waals surface area (Å²) in [6, 6.07) is 2.11. The molecule has 0 radical (unpaired) electrons. The van der Waals surface area contributed by atoms with Crippen molar-refractivity contribution in [2.75, 3.05) is 13.7 Å². The number of allylic oxidation sites excluding steroid dienone is 1. The zero-order valence-electron chi connectivity index (χ0n) is 10.5. The minimum atomic E-state index is -4.36. The van der Waals surface area contributed by atoms with E-state index in [2.05, 4.69) is 10.3 Å². The topological polar surface area (TPSA) is 34.1 Å². The van der Waals surface area contributed by atoms with E-state index in [1.54, 1.807) is 7.05 Å². The minimum absolute atomic E-state index is 0.303. The van der Waals surface area contributed by atoms with Crippen LogP contribution in [-0.2, 0) is 10.9 Å². The fourth-order valence-electron chi connectivity index (χ4n) is 1.96. The van der Waals surface area contributed by atoms with Crippen LogP contribution in [0.1, 0.15) is 30.1 Å². The third-order valence-electron chi connectivity index (χ3n) is 2.95. The van der Waals surface area contributed by atoms with Gasteiger partial charge in [-0.1, -0.05) is 0 Å². The van der Waals surface area contributed by atoms with Gasteiger partial charge < -0.3 is 10.1 Å². The number of hydrogen-bond donors (Lipinski definition) is 1. The molecule has 0 saturated carbocycles. The SMILES string of the molecule is CNC(C1=CCCCO1)c1ccc(C(F)(F)F)cn1. The number of pyridine rings is 1. The maximum Gasteiger partial charge on any atom is 0.417 e. The first kappa shape index (κ1) is 13.9. The van der Waals surface area contributed by atoms with E-state index < -0.39 is 11.7 Å². The van der Waals surface area contributed by atoms with Crippen molar-refractivity contribution in [1.29, 1.82) is 0 Å². The molecule has 0 aromatic carbocycles. The van der Waals surface area contributed by atoms with E-state index in [9.17, 15) is 13.2 Å². The van der Waals surface area contributed by atoms with Crippen molar-refractivity contribution < 1.29 is 17.9 Å². The zero-order valence-corrected chi connectivity index (χ0v) is 10.5. The number of hydrogen-bond acceptors (Lipinski definition) is 3. The molecule has 3 nitrogen and oxygen atoms in total. The molecule has 6 heteroatoms. The van der Waals surface area contributed by atoms with Crippen LogP contribution in [-0.4, -0.2) is 18.6 Å². The monoisotopic (exact) mass is 272 g/mol. The molecule has 1 aromatic heterocycles. The highest BCUT2D eigenvalue weighted by molar-refractivity contribution is 5.24. The van der Waals surface area contributed by atoms with Gasteiger partial charge in [0.05, 0.1) is 17.9 Å². The number of ether oxygens (including phenoxy) is 1. The van der Waals surface area contributed by atoms with Crippen molar-refractivity contribution in [1.82, 2.24) is 10.3 Å². The molecule has 1 aliphatic rings. The predicted octanol–water partition coefficient (Wildman–Crippen LogP) is 3.06. The molecule has 0 spiro atoms. The lowest BCUT2D eigenvalue weighted by molar-refractivity contribution is -0.137. The number of halogens is 3. The molecule has 0 amide bonds. The van der Waals surface area contributed by atoms with E-state index in [4.69, 9.17) is 4.74 Å². The molecule has 1 atom stereocenters. The first-order chi connectivity index (χ1) is 9.02. The Morgan fingerprint density at radius 2 is 2.16 bits per heavy atom. The Morgan fingerprint density at radius 1 is 1.37 bits per heavy atom. The van der Waals surface area contributed by atoms with E-state index >= 15 is 0 Å². The van der Waals surface area contributed by atoms with Crippen LogP contribution in [0.2, 0.25) is 0 Å². The van der Waals surface area contributed by atoms with Crippen molar-refractivity contribution in [2.24, 2.45) is 0 Å². The van der Waals surface area contributed by atoms with Crippen LogP contribution >= 0.6 is 0 Å². The molecule has 2 heterocycles. The lowest BCUT2D eigenvalue weighted by atomic mass is 10.1. The van der Waals surface area contributed by atoms with E-state index in [1.165, 1.54) is 6.07 Å². The highest BCUT2D eigenvalue weighted by atomic mass is 19.4. The fraction of sp³-hybridized carbons (Fsp3) is 0.462. The van der Waals surface area contributed by atoms with Gasteiger partial charge in [0.2, 0.25) is 0 Å². The summed E-state index contributed by atoms with van der Waals surface area (Å²) in [6.07, 6.45) is 0.308. The number of likely N-dealkylation sites (N-methyl/N-ethyl adjacent to an activating group) is 1. The smallest absolute Gasteiger partial charge is 0.417 e. The van der Waals surface area contributed by atoms with Crippen LogP contribution in [0.5, 0.6) is 0 Å². The Kier molecular flexibility index (Phi) is 4.09. The molecular formula is C13H15F3N2O. The van der Waals surface area contributed by atoms with Gasteiger partial charge in [-0.2, -0.15) is 13.2 Å². The van der Waals surface area contributed by atoms with Crippen LogP contribution in [0.25, 0.3) is 0 Å². The molecule has 0 aliphatic carbocycles. The van der Waals surface area contributed by atoms with Crippen LogP contribution in [0, 0.1) is 0 Å². The molecule has 0 saturated heterocycles. The van der Waals surface area contributed by atoms with Gasteiger partial charge in [-0.3, -0.25) is 4.98 Å². The van der Waals surface area contributed by atoms with E-state index in [0.717, 1.165) is 30.9 Å². The van der Waals surface area contributed by atoms with Gasteiger partial charge in [0, 0.05) is 6.20 Å². The molecule has 1 unspecified atom stereocenters. The number of rotatable bonds is 3. The molecule has 19 heavy (non-hydrogen) atoms. The molecule has 2 rings (SSSR count). The minimum Gasteiger partial charge on any atom is -0.496 e. The summed E-state index contributed by atoms with van der Waals surface area (Å²) in [6.45, 7) is 0.630. The van der Waals surface area contributed by atoms with Gasteiger partial charge in [0.1, 0.15) is 11.8 Å². The molecule has 1 N–H and O–H groups in total. The number of aromatic nitrogens is 1. The van der Waals surface area contributed by atoms with Crippen LogP contribution in [0.4, 0.5) is 13.2 Å². The Morgan fingerprint density at radius 3 is 2.63 bits per heavy atom. The van der Waals surface area contributed by atoms with Crippen molar-refractivity contribution >= 4 is 0 Å². The lowest BCUT2D eigenvalue weighted by Gasteiger charge is -2.23. The van der Waals surface area contributed by atoms with Gasteiger partial charge in [-0.25, -0.2) is 0 Å². The van der Waals surface area contributed by atoms with Gasteiger partial charge in [0.25, 0.3) is 0 Å². The van der Waals surface area contributed by atoms with Crippen molar-refractivity contribution in [3.05, 3.63) is 41.4 Å².